The highest BCUT2D eigenvalue weighted by atomic mass is 16.5. The molecular weight excluding hydrogens is 308 g/mol. The zero-order valence-electron chi connectivity index (χ0n) is 13.8. The van der Waals surface area contributed by atoms with E-state index in [1.165, 1.54) is 7.11 Å². The lowest BCUT2D eigenvalue weighted by atomic mass is 10.2. The van der Waals surface area contributed by atoms with E-state index in [1.807, 2.05) is 18.2 Å². The fraction of sp³-hybridized carbons (Fsp3) is 0.353. The maximum atomic E-state index is 11.4. The number of benzene rings is 1. The first-order chi connectivity index (χ1) is 11.7. The molecule has 1 aliphatic rings. The number of esters is 1. The molecule has 2 aromatic rings. The first-order valence-corrected chi connectivity index (χ1v) is 7.78. The summed E-state index contributed by atoms with van der Waals surface area (Å²) in [5.41, 5.74) is 1.32. The van der Waals surface area contributed by atoms with Gasteiger partial charge in [0.25, 0.3) is 0 Å². The number of ether oxygens (including phenoxy) is 2. The van der Waals surface area contributed by atoms with E-state index in [-0.39, 0.29) is 5.69 Å². The summed E-state index contributed by atoms with van der Waals surface area (Å²) in [4.78, 5) is 15.9. The van der Waals surface area contributed by atoms with Crippen molar-refractivity contribution in [1.29, 1.82) is 0 Å². The SMILES string of the molecule is COC(=O)c1ccc(N2CCN(c3ccccc3OC)CC2)nn1. The first kappa shape index (κ1) is 16.0. The monoisotopic (exact) mass is 328 g/mol. The molecule has 7 heteroatoms. The number of hydrogen-bond acceptors (Lipinski definition) is 7. The predicted octanol–water partition coefficient (Wildman–Crippen LogP) is 1.60. The van der Waals surface area contributed by atoms with Crippen molar-refractivity contribution in [1.82, 2.24) is 10.2 Å². The summed E-state index contributed by atoms with van der Waals surface area (Å²) in [5, 5.41) is 8.06. The summed E-state index contributed by atoms with van der Waals surface area (Å²) in [5.74, 6) is 1.17. The molecule has 1 aromatic heterocycles. The van der Waals surface area contributed by atoms with E-state index in [9.17, 15) is 4.79 Å². The van der Waals surface area contributed by atoms with E-state index >= 15 is 0 Å². The Kier molecular flexibility index (Phi) is 4.79. The third-order valence-corrected chi connectivity index (χ3v) is 4.07. The van der Waals surface area contributed by atoms with Gasteiger partial charge in [0.15, 0.2) is 11.5 Å². The minimum atomic E-state index is -0.477. The lowest BCUT2D eigenvalue weighted by Crippen LogP contribution is -2.47. The zero-order chi connectivity index (χ0) is 16.9. The molecule has 0 aliphatic carbocycles. The van der Waals surface area contributed by atoms with Crippen molar-refractivity contribution in [2.45, 2.75) is 0 Å². The number of anilines is 2. The molecule has 2 heterocycles. The Balaban J connectivity index is 1.65. The number of para-hydroxylation sites is 2. The van der Waals surface area contributed by atoms with Crippen LogP contribution >= 0.6 is 0 Å². The summed E-state index contributed by atoms with van der Waals surface area (Å²) in [7, 11) is 3.02. The quantitative estimate of drug-likeness (QED) is 0.790. The van der Waals surface area contributed by atoms with Crippen LogP contribution in [0, 0.1) is 0 Å². The average molecular weight is 328 g/mol. The number of carbonyl (C=O) groups excluding carboxylic acids is 1. The maximum Gasteiger partial charge on any atom is 0.358 e. The van der Waals surface area contributed by atoms with Crippen LogP contribution in [0.4, 0.5) is 11.5 Å². The predicted molar refractivity (Wildman–Crippen MR) is 90.8 cm³/mol. The second-order valence-corrected chi connectivity index (χ2v) is 5.41. The van der Waals surface area contributed by atoms with E-state index in [1.54, 1.807) is 19.2 Å². The van der Waals surface area contributed by atoms with Gasteiger partial charge < -0.3 is 19.3 Å². The first-order valence-electron chi connectivity index (χ1n) is 7.78. The molecule has 3 rings (SSSR count). The topological polar surface area (TPSA) is 67.8 Å². The highest BCUT2D eigenvalue weighted by Gasteiger charge is 2.21. The van der Waals surface area contributed by atoms with Crippen LogP contribution in [-0.4, -0.2) is 56.6 Å². The lowest BCUT2D eigenvalue weighted by molar-refractivity contribution is 0.0592. The molecule has 0 unspecified atom stereocenters. The van der Waals surface area contributed by atoms with Gasteiger partial charge in [-0.15, -0.1) is 10.2 Å². The van der Waals surface area contributed by atoms with Gasteiger partial charge in [0, 0.05) is 26.2 Å². The normalized spacial score (nSPS) is 14.4. The zero-order valence-corrected chi connectivity index (χ0v) is 13.8. The van der Waals surface area contributed by atoms with Crippen LogP contribution in [0.5, 0.6) is 5.75 Å². The third-order valence-electron chi connectivity index (χ3n) is 4.07. The summed E-state index contributed by atoms with van der Waals surface area (Å²) < 4.78 is 10.1. The van der Waals surface area contributed by atoms with Crippen LogP contribution in [0.15, 0.2) is 36.4 Å². The van der Waals surface area contributed by atoms with Crippen LogP contribution < -0.4 is 14.5 Å². The standard InChI is InChI=1S/C17H20N4O3/c1-23-15-6-4-3-5-14(15)20-9-11-21(12-10-20)16-8-7-13(18-19-16)17(22)24-2/h3-8H,9-12H2,1-2H3. The highest BCUT2D eigenvalue weighted by molar-refractivity contribution is 5.87. The number of rotatable bonds is 4. The van der Waals surface area contributed by atoms with Crippen molar-refractivity contribution in [3.05, 3.63) is 42.1 Å². The van der Waals surface area contributed by atoms with Crippen LogP contribution in [0.2, 0.25) is 0 Å². The van der Waals surface area contributed by atoms with E-state index in [0.29, 0.717) is 0 Å². The van der Waals surface area contributed by atoms with Gasteiger partial charge in [-0.1, -0.05) is 12.1 Å². The summed E-state index contributed by atoms with van der Waals surface area (Å²) in [6, 6.07) is 11.5. The number of piperazine rings is 1. The minimum Gasteiger partial charge on any atom is -0.495 e. The van der Waals surface area contributed by atoms with E-state index in [2.05, 4.69) is 30.8 Å². The fourth-order valence-electron chi connectivity index (χ4n) is 2.77. The molecule has 0 bridgehead atoms. The molecule has 1 aromatic carbocycles. The van der Waals surface area contributed by atoms with Crippen molar-refractivity contribution in [2.75, 3.05) is 50.2 Å². The van der Waals surface area contributed by atoms with Crippen LogP contribution in [0.1, 0.15) is 10.5 Å². The molecule has 0 amide bonds. The van der Waals surface area contributed by atoms with Gasteiger partial charge in [-0.25, -0.2) is 4.79 Å². The average Bonchev–Trinajstić information content (AvgIpc) is 2.67. The Morgan fingerprint density at radius 3 is 2.29 bits per heavy atom. The molecule has 1 saturated heterocycles. The van der Waals surface area contributed by atoms with Gasteiger partial charge in [-0.05, 0) is 24.3 Å². The molecule has 0 N–H and O–H groups in total. The molecular formula is C17H20N4O3. The molecule has 1 aliphatic heterocycles. The minimum absolute atomic E-state index is 0.217. The number of aromatic nitrogens is 2. The Hall–Kier alpha value is -2.83. The fourth-order valence-corrected chi connectivity index (χ4v) is 2.77. The van der Waals surface area contributed by atoms with Crippen molar-refractivity contribution in [2.24, 2.45) is 0 Å². The third kappa shape index (κ3) is 3.24. The Morgan fingerprint density at radius 1 is 0.958 bits per heavy atom. The molecule has 126 valence electrons. The molecule has 0 radical (unpaired) electrons. The smallest absolute Gasteiger partial charge is 0.358 e. The largest absolute Gasteiger partial charge is 0.495 e. The lowest BCUT2D eigenvalue weighted by Gasteiger charge is -2.37. The molecule has 0 saturated carbocycles. The van der Waals surface area contributed by atoms with Gasteiger partial charge >= 0.3 is 5.97 Å². The number of hydrogen-bond donors (Lipinski definition) is 0. The Labute approximate surface area is 140 Å². The summed E-state index contributed by atoms with van der Waals surface area (Å²) in [6.07, 6.45) is 0. The van der Waals surface area contributed by atoms with Crippen LogP contribution in [0.3, 0.4) is 0 Å². The molecule has 1 fully saturated rings. The summed E-state index contributed by atoms with van der Waals surface area (Å²) in [6.45, 7) is 3.37. The molecule has 0 spiro atoms. The van der Waals surface area contributed by atoms with E-state index in [4.69, 9.17) is 4.74 Å². The summed E-state index contributed by atoms with van der Waals surface area (Å²) >= 11 is 0. The van der Waals surface area contributed by atoms with E-state index in [0.717, 1.165) is 43.4 Å². The van der Waals surface area contributed by atoms with Gasteiger partial charge in [-0.3, -0.25) is 0 Å². The number of carbonyl (C=O) groups is 1. The number of methoxy groups -OCH3 is 2. The van der Waals surface area contributed by atoms with Crippen molar-refractivity contribution < 1.29 is 14.3 Å². The van der Waals surface area contributed by atoms with Gasteiger partial charge in [0.1, 0.15) is 5.75 Å². The van der Waals surface area contributed by atoms with Crippen molar-refractivity contribution in [3.8, 4) is 5.75 Å². The second kappa shape index (κ2) is 7.16. The Bertz CT molecular complexity index is 697. The maximum absolute atomic E-state index is 11.4. The van der Waals surface area contributed by atoms with Crippen molar-refractivity contribution >= 4 is 17.5 Å². The van der Waals surface area contributed by atoms with Crippen molar-refractivity contribution in [3.63, 3.8) is 0 Å². The van der Waals surface area contributed by atoms with E-state index < -0.39 is 5.97 Å². The van der Waals surface area contributed by atoms with Gasteiger partial charge in [0.05, 0.1) is 19.9 Å². The highest BCUT2D eigenvalue weighted by Crippen LogP contribution is 2.28. The second-order valence-electron chi connectivity index (χ2n) is 5.41. The number of nitrogens with zero attached hydrogens (tertiary/aromatic N) is 4. The van der Waals surface area contributed by atoms with Gasteiger partial charge in [-0.2, -0.15) is 0 Å². The Morgan fingerprint density at radius 2 is 1.67 bits per heavy atom. The molecule has 24 heavy (non-hydrogen) atoms. The molecule has 7 nitrogen and oxygen atoms in total. The molecule has 0 atom stereocenters. The van der Waals surface area contributed by atoms with Crippen LogP contribution in [0.25, 0.3) is 0 Å². The van der Waals surface area contributed by atoms with Crippen LogP contribution in [-0.2, 0) is 4.74 Å². The van der Waals surface area contributed by atoms with Gasteiger partial charge in [0.2, 0.25) is 0 Å².